The maximum Gasteiger partial charge on any atom is 0.263 e. The minimum atomic E-state index is -3.86. The summed E-state index contributed by atoms with van der Waals surface area (Å²) in [4.78, 5) is 13.7. The Kier molecular flexibility index (Phi) is 5.19. The number of sulfonamides is 1. The Morgan fingerprint density at radius 1 is 1.12 bits per heavy atom. The average molecular weight is 413 g/mol. The molecule has 1 heterocycles. The van der Waals surface area contributed by atoms with Gasteiger partial charge in [-0.05, 0) is 61.7 Å². The Balaban J connectivity index is 1.94. The number of nitrogens with zero attached hydrogens (tertiary/aromatic N) is 1. The third kappa shape index (κ3) is 3.54. The molecule has 8 heteroatoms. The van der Waals surface area contributed by atoms with Crippen molar-refractivity contribution in [3.05, 3.63) is 51.5 Å². The number of benzene rings is 2. The second kappa shape index (κ2) is 7.10. The van der Waals surface area contributed by atoms with Crippen LogP contribution in [0.3, 0.4) is 0 Å². The third-order valence-corrected chi connectivity index (χ3v) is 6.60. The molecule has 1 amide bonds. The van der Waals surface area contributed by atoms with E-state index in [-0.39, 0.29) is 15.8 Å². The highest BCUT2D eigenvalue weighted by molar-refractivity contribution is 7.92. The standard InChI is InChI=1S/C18H18Cl2N2O3S/c1-3-22-16-6-5-13(9-12(16)4-7-18(22)23)21-26(24,25)17-8-11(2)14(19)10-15(17)20/h5-6,8-10,21H,3-4,7H2,1-2H3. The van der Waals surface area contributed by atoms with E-state index in [0.717, 1.165) is 11.3 Å². The molecule has 0 saturated heterocycles. The summed E-state index contributed by atoms with van der Waals surface area (Å²) >= 11 is 12.1. The molecule has 0 aliphatic carbocycles. The fraction of sp³-hybridized carbons (Fsp3) is 0.278. The first-order valence-corrected chi connectivity index (χ1v) is 10.4. The highest BCUT2D eigenvalue weighted by Gasteiger charge is 2.24. The van der Waals surface area contributed by atoms with Crippen molar-refractivity contribution in [2.75, 3.05) is 16.2 Å². The number of rotatable bonds is 4. The largest absolute Gasteiger partial charge is 0.312 e. The highest BCUT2D eigenvalue weighted by atomic mass is 35.5. The molecule has 0 unspecified atom stereocenters. The van der Waals surface area contributed by atoms with E-state index in [1.54, 1.807) is 30.0 Å². The zero-order chi connectivity index (χ0) is 19.1. The molecule has 0 fully saturated rings. The zero-order valence-corrected chi connectivity index (χ0v) is 16.7. The first-order chi connectivity index (χ1) is 12.2. The highest BCUT2D eigenvalue weighted by Crippen LogP contribution is 2.33. The number of hydrogen-bond donors (Lipinski definition) is 1. The molecular weight excluding hydrogens is 395 g/mol. The molecule has 1 N–H and O–H groups in total. The topological polar surface area (TPSA) is 66.5 Å². The second-order valence-corrected chi connectivity index (χ2v) is 8.58. The number of fused-ring (bicyclic) bond motifs is 1. The molecule has 0 bridgehead atoms. The molecule has 0 atom stereocenters. The van der Waals surface area contributed by atoms with Crippen LogP contribution in [0.5, 0.6) is 0 Å². The lowest BCUT2D eigenvalue weighted by Gasteiger charge is -2.28. The maximum atomic E-state index is 12.7. The van der Waals surface area contributed by atoms with Gasteiger partial charge in [0.05, 0.1) is 5.02 Å². The van der Waals surface area contributed by atoms with Crippen LogP contribution < -0.4 is 9.62 Å². The summed E-state index contributed by atoms with van der Waals surface area (Å²) in [6.07, 6.45) is 1.00. The number of aryl methyl sites for hydroxylation is 2. The lowest BCUT2D eigenvalue weighted by Crippen LogP contribution is -2.34. The van der Waals surface area contributed by atoms with Crippen molar-refractivity contribution >= 4 is 50.5 Å². The van der Waals surface area contributed by atoms with Crippen molar-refractivity contribution in [1.82, 2.24) is 0 Å². The molecule has 0 radical (unpaired) electrons. The smallest absolute Gasteiger partial charge is 0.263 e. The Bertz CT molecular complexity index is 990. The Morgan fingerprint density at radius 3 is 2.54 bits per heavy atom. The Labute approximate surface area is 163 Å². The number of carbonyl (C=O) groups is 1. The van der Waals surface area contributed by atoms with E-state index < -0.39 is 10.0 Å². The molecule has 138 valence electrons. The predicted octanol–water partition coefficient (Wildman–Crippen LogP) is 4.40. The molecule has 2 aromatic carbocycles. The van der Waals surface area contributed by atoms with Crippen molar-refractivity contribution < 1.29 is 13.2 Å². The van der Waals surface area contributed by atoms with Gasteiger partial charge >= 0.3 is 0 Å². The van der Waals surface area contributed by atoms with E-state index in [4.69, 9.17) is 23.2 Å². The van der Waals surface area contributed by atoms with Gasteiger partial charge in [-0.1, -0.05) is 23.2 Å². The molecule has 5 nitrogen and oxygen atoms in total. The number of nitrogens with one attached hydrogen (secondary N) is 1. The van der Waals surface area contributed by atoms with E-state index in [1.807, 2.05) is 6.92 Å². The van der Waals surface area contributed by atoms with Gasteiger partial charge in [0.2, 0.25) is 5.91 Å². The Hall–Kier alpha value is -1.76. The van der Waals surface area contributed by atoms with Gasteiger partial charge in [0.15, 0.2) is 0 Å². The van der Waals surface area contributed by atoms with E-state index in [2.05, 4.69) is 4.72 Å². The second-order valence-electron chi connectivity index (χ2n) is 6.12. The van der Waals surface area contributed by atoms with Crippen molar-refractivity contribution in [1.29, 1.82) is 0 Å². The Morgan fingerprint density at radius 2 is 1.85 bits per heavy atom. The predicted molar refractivity (Wildman–Crippen MR) is 105 cm³/mol. The number of amides is 1. The summed E-state index contributed by atoms with van der Waals surface area (Å²) in [7, 11) is -3.86. The minimum absolute atomic E-state index is 0.0239. The van der Waals surface area contributed by atoms with Gasteiger partial charge < -0.3 is 4.90 Å². The molecule has 1 aliphatic rings. The average Bonchev–Trinajstić information content (AvgIpc) is 2.57. The van der Waals surface area contributed by atoms with Crippen LogP contribution in [0.4, 0.5) is 11.4 Å². The molecule has 0 spiro atoms. The first-order valence-electron chi connectivity index (χ1n) is 8.14. The SMILES string of the molecule is CCN1C(=O)CCc2cc(NS(=O)(=O)c3cc(C)c(Cl)cc3Cl)ccc21. The number of anilines is 2. The van der Waals surface area contributed by atoms with Crippen LogP contribution in [0.2, 0.25) is 10.0 Å². The van der Waals surface area contributed by atoms with Crippen LogP contribution >= 0.6 is 23.2 Å². The van der Waals surface area contributed by atoms with E-state index in [0.29, 0.717) is 35.7 Å². The van der Waals surface area contributed by atoms with E-state index in [1.165, 1.54) is 12.1 Å². The number of carbonyl (C=O) groups excluding carboxylic acids is 1. The maximum absolute atomic E-state index is 12.7. The zero-order valence-electron chi connectivity index (χ0n) is 14.3. The van der Waals surface area contributed by atoms with Gasteiger partial charge in [0, 0.05) is 29.4 Å². The minimum Gasteiger partial charge on any atom is -0.312 e. The van der Waals surface area contributed by atoms with Crippen LogP contribution in [0.15, 0.2) is 35.2 Å². The normalized spacial score (nSPS) is 14.3. The van der Waals surface area contributed by atoms with Gasteiger partial charge in [-0.15, -0.1) is 0 Å². The van der Waals surface area contributed by atoms with Gasteiger partial charge in [0.1, 0.15) is 4.90 Å². The van der Waals surface area contributed by atoms with Crippen LogP contribution in [0, 0.1) is 6.92 Å². The first kappa shape index (κ1) is 19.0. The summed E-state index contributed by atoms with van der Waals surface area (Å²) in [6, 6.07) is 8.04. The molecule has 3 rings (SSSR count). The molecule has 0 aromatic heterocycles. The quantitative estimate of drug-likeness (QED) is 0.808. The summed E-state index contributed by atoms with van der Waals surface area (Å²) < 4.78 is 28.0. The summed E-state index contributed by atoms with van der Waals surface area (Å²) in [6.45, 7) is 4.21. The molecule has 2 aromatic rings. The summed E-state index contributed by atoms with van der Waals surface area (Å²) in [5.41, 5.74) is 2.81. The van der Waals surface area contributed by atoms with Crippen molar-refractivity contribution in [2.45, 2.75) is 31.6 Å². The summed E-state index contributed by atoms with van der Waals surface area (Å²) in [5, 5.41) is 0.473. The van der Waals surface area contributed by atoms with Crippen LogP contribution in [0.25, 0.3) is 0 Å². The van der Waals surface area contributed by atoms with Gasteiger partial charge in [-0.25, -0.2) is 8.42 Å². The van der Waals surface area contributed by atoms with Gasteiger partial charge in [0.25, 0.3) is 10.0 Å². The molecule has 1 aliphatic heterocycles. The number of halogens is 2. The lowest BCUT2D eigenvalue weighted by atomic mass is 10.0. The monoisotopic (exact) mass is 412 g/mol. The van der Waals surface area contributed by atoms with Crippen LogP contribution in [-0.2, 0) is 21.2 Å². The van der Waals surface area contributed by atoms with Gasteiger partial charge in [-0.3, -0.25) is 9.52 Å². The molecular formula is C18H18Cl2N2O3S. The van der Waals surface area contributed by atoms with Crippen molar-refractivity contribution in [3.8, 4) is 0 Å². The fourth-order valence-electron chi connectivity index (χ4n) is 3.02. The fourth-order valence-corrected chi connectivity index (χ4v) is 4.90. The lowest BCUT2D eigenvalue weighted by molar-refractivity contribution is -0.118. The van der Waals surface area contributed by atoms with Crippen LogP contribution in [0.1, 0.15) is 24.5 Å². The van der Waals surface area contributed by atoms with Crippen molar-refractivity contribution in [3.63, 3.8) is 0 Å². The van der Waals surface area contributed by atoms with Crippen molar-refractivity contribution in [2.24, 2.45) is 0 Å². The van der Waals surface area contributed by atoms with Crippen LogP contribution in [-0.4, -0.2) is 20.9 Å². The number of hydrogen-bond acceptors (Lipinski definition) is 3. The molecule has 26 heavy (non-hydrogen) atoms. The van der Waals surface area contributed by atoms with Gasteiger partial charge in [-0.2, -0.15) is 0 Å². The molecule has 0 saturated carbocycles. The third-order valence-electron chi connectivity index (χ3n) is 4.35. The van der Waals surface area contributed by atoms with E-state index >= 15 is 0 Å². The van der Waals surface area contributed by atoms with E-state index in [9.17, 15) is 13.2 Å². The summed E-state index contributed by atoms with van der Waals surface area (Å²) in [5.74, 6) is 0.0803.